The van der Waals surface area contributed by atoms with E-state index in [0.29, 0.717) is 0 Å². The van der Waals surface area contributed by atoms with Crippen molar-refractivity contribution in [2.75, 3.05) is 0 Å². The Kier molecular flexibility index (Phi) is 1.88. The molecule has 14 heavy (non-hydrogen) atoms. The average molecular weight is 201 g/mol. The van der Waals surface area contributed by atoms with Gasteiger partial charge in [0.15, 0.2) is 0 Å². The van der Waals surface area contributed by atoms with Crippen LogP contribution in [-0.2, 0) is 0 Å². The fourth-order valence-electron chi connectivity index (χ4n) is 1.79. The topological polar surface area (TPSA) is 4.93 Å². The molecule has 0 atom stereocenters. The van der Waals surface area contributed by atoms with Gasteiger partial charge in [-0.25, -0.2) is 0 Å². The summed E-state index contributed by atoms with van der Waals surface area (Å²) >= 11 is 1.90. The lowest BCUT2D eigenvalue weighted by atomic mass is 10.1. The number of allylic oxidation sites excluding steroid dienone is 5. The third kappa shape index (κ3) is 1.26. The number of aromatic nitrogens is 1. The van der Waals surface area contributed by atoms with Crippen LogP contribution in [0.3, 0.4) is 0 Å². The fraction of sp³-hybridized carbons (Fsp3) is 0.167. The average Bonchev–Trinajstić information content (AvgIpc) is 2.58. The molecule has 0 amide bonds. The second-order valence-electron chi connectivity index (χ2n) is 3.49. The van der Waals surface area contributed by atoms with Crippen LogP contribution in [0.5, 0.6) is 0 Å². The summed E-state index contributed by atoms with van der Waals surface area (Å²) in [4.78, 5) is 1.50. The lowest BCUT2D eigenvalue weighted by Crippen LogP contribution is -1.88. The molecule has 0 fully saturated rings. The first kappa shape index (κ1) is 8.18. The van der Waals surface area contributed by atoms with Crippen molar-refractivity contribution in [3.63, 3.8) is 0 Å². The molecular formula is C12H11NS. The zero-order chi connectivity index (χ0) is 9.38. The molecular weight excluding hydrogens is 190 g/mol. The zero-order valence-corrected chi connectivity index (χ0v) is 8.63. The van der Waals surface area contributed by atoms with Crippen molar-refractivity contribution in [2.45, 2.75) is 17.9 Å². The van der Waals surface area contributed by atoms with Crippen molar-refractivity contribution in [3.05, 3.63) is 47.0 Å². The molecule has 1 nitrogen and oxygen atoms in total. The Balaban J connectivity index is 2.08. The molecule has 70 valence electrons. The van der Waals surface area contributed by atoms with Gasteiger partial charge in [0, 0.05) is 12.4 Å². The van der Waals surface area contributed by atoms with Gasteiger partial charge in [0.05, 0.1) is 5.03 Å². The molecule has 0 saturated carbocycles. The van der Waals surface area contributed by atoms with Gasteiger partial charge >= 0.3 is 0 Å². The predicted octanol–water partition coefficient (Wildman–Crippen LogP) is 3.67. The van der Waals surface area contributed by atoms with Crippen LogP contribution in [0.25, 0.3) is 6.20 Å². The summed E-state index contributed by atoms with van der Waals surface area (Å²) in [5.41, 5.74) is 1.38. The summed E-state index contributed by atoms with van der Waals surface area (Å²) in [6.45, 7) is 0. The maximum atomic E-state index is 2.25. The molecule has 0 spiro atoms. The normalized spacial score (nSPS) is 19.1. The molecule has 0 aromatic carbocycles. The fourth-order valence-corrected chi connectivity index (χ4v) is 2.89. The molecule has 0 unspecified atom stereocenters. The van der Waals surface area contributed by atoms with Gasteiger partial charge in [0.1, 0.15) is 0 Å². The number of nitrogens with zero attached hydrogens (tertiary/aromatic N) is 1. The van der Waals surface area contributed by atoms with Gasteiger partial charge in [-0.1, -0.05) is 23.9 Å². The van der Waals surface area contributed by atoms with E-state index in [0.717, 1.165) is 0 Å². The van der Waals surface area contributed by atoms with Gasteiger partial charge in [-0.2, -0.15) is 0 Å². The Morgan fingerprint density at radius 1 is 1.29 bits per heavy atom. The maximum Gasteiger partial charge on any atom is 0.0834 e. The zero-order valence-electron chi connectivity index (χ0n) is 7.81. The largest absolute Gasteiger partial charge is 0.318 e. The molecule has 1 aliphatic heterocycles. The highest BCUT2D eigenvalue weighted by Crippen LogP contribution is 2.37. The smallest absolute Gasteiger partial charge is 0.0834 e. The first-order valence-corrected chi connectivity index (χ1v) is 5.68. The van der Waals surface area contributed by atoms with E-state index in [1.54, 1.807) is 0 Å². The van der Waals surface area contributed by atoms with Crippen molar-refractivity contribution >= 4 is 18.0 Å². The number of fused-ring (bicyclic) bond motifs is 1. The minimum absolute atomic E-state index is 1.18. The van der Waals surface area contributed by atoms with Crippen molar-refractivity contribution in [2.24, 2.45) is 0 Å². The Morgan fingerprint density at radius 3 is 3.29 bits per heavy atom. The molecule has 1 aliphatic carbocycles. The van der Waals surface area contributed by atoms with Gasteiger partial charge < -0.3 is 4.57 Å². The summed E-state index contributed by atoms with van der Waals surface area (Å²) < 4.78 is 2.18. The van der Waals surface area contributed by atoms with E-state index in [9.17, 15) is 0 Å². The maximum absolute atomic E-state index is 2.25. The first-order valence-electron chi connectivity index (χ1n) is 4.86. The second-order valence-corrected chi connectivity index (χ2v) is 4.61. The van der Waals surface area contributed by atoms with Gasteiger partial charge in [0.25, 0.3) is 0 Å². The van der Waals surface area contributed by atoms with Crippen molar-refractivity contribution in [3.8, 4) is 0 Å². The van der Waals surface area contributed by atoms with Crippen LogP contribution in [0, 0.1) is 0 Å². The standard InChI is InChI=1S/C12H11NS/c1-2-5-11-10(4-1)7-9-13-8-3-6-12(13)14-11/h1,3-4,6-9H,2,5H2. The summed E-state index contributed by atoms with van der Waals surface area (Å²) in [5.74, 6) is 0. The molecule has 2 heteroatoms. The molecule has 1 aromatic rings. The number of hydrogen-bond donors (Lipinski definition) is 0. The van der Waals surface area contributed by atoms with Crippen LogP contribution in [0.1, 0.15) is 12.8 Å². The van der Waals surface area contributed by atoms with Gasteiger partial charge in [-0.3, -0.25) is 0 Å². The number of thioether (sulfide) groups is 1. The van der Waals surface area contributed by atoms with E-state index < -0.39 is 0 Å². The lowest BCUT2D eigenvalue weighted by Gasteiger charge is -2.10. The summed E-state index contributed by atoms with van der Waals surface area (Å²) in [6, 6.07) is 4.26. The number of rotatable bonds is 0. The molecule has 1 aromatic heterocycles. The first-order chi connectivity index (χ1) is 6.93. The minimum atomic E-state index is 1.18. The lowest BCUT2D eigenvalue weighted by molar-refractivity contribution is 1.00. The molecule has 0 radical (unpaired) electrons. The Labute approximate surface area is 87.8 Å². The van der Waals surface area contributed by atoms with E-state index in [1.165, 1.54) is 28.3 Å². The Morgan fingerprint density at radius 2 is 2.29 bits per heavy atom. The third-order valence-corrected chi connectivity index (χ3v) is 3.78. The molecule has 0 saturated heterocycles. The van der Waals surface area contributed by atoms with Crippen LogP contribution in [0.2, 0.25) is 0 Å². The molecule has 3 rings (SSSR count). The quantitative estimate of drug-likeness (QED) is 0.620. The highest BCUT2D eigenvalue weighted by molar-refractivity contribution is 8.03. The predicted molar refractivity (Wildman–Crippen MR) is 61.0 cm³/mol. The minimum Gasteiger partial charge on any atom is -0.318 e. The summed E-state index contributed by atoms with van der Waals surface area (Å²) in [6.07, 6.45) is 13.3. The molecule has 2 heterocycles. The van der Waals surface area contributed by atoms with Crippen molar-refractivity contribution < 1.29 is 0 Å². The van der Waals surface area contributed by atoms with Gasteiger partial charge in [-0.15, -0.1) is 0 Å². The van der Waals surface area contributed by atoms with E-state index >= 15 is 0 Å². The van der Waals surface area contributed by atoms with E-state index in [1.807, 2.05) is 11.8 Å². The van der Waals surface area contributed by atoms with Crippen molar-refractivity contribution in [1.82, 2.24) is 4.57 Å². The Hall–Kier alpha value is -1.15. The van der Waals surface area contributed by atoms with Gasteiger partial charge in [-0.05, 0) is 41.5 Å². The Bertz CT molecular complexity index is 449. The van der Waals surface area contributed by atoms with Crippen LogP contribution in [0.15, 0.2) is 52.1 Å². The summed E-state index contributed by atoms with van der Waals surface area (Å²) in [5, 5.41) is 1.32. The highest BCUT2D eigenvalue weighted by Gasteiger charge is 2.12. The highest BCUT2D eigenvalue weighted by atomic mass is 32.2. The third-order valence-electron chi connectivity index (χ3n) is 2.54. The monoisotopic (exact) mass is 201 g/mol. The van der Waals surface area contributed by atoms with Crippen LogP contribution >= 0.6 is 11.8 Å². The number of hydrogen-bond acceptors (Lipinski definition) is 1. The van der Waals surface area contributed by atoms with E-state index in [4.69, 9.17) is 0 Å². The summed E-state index contributed by atoms with van der Waals surface area (Å²) in [7, 11) is 0. The second kappa shape index (κ2) is 3.21. The van der Waals surface area contributed by atoms with Crippen LogP contribution in [0.4, 0.5) is 0 Å². The van der Waals surface area contributed by atoms with Crippen LogP contribution in [-0.4, -0.2) is 4.57 Å². The van der Waals surface area contributed by atoms with E-state index in [-0.39, 0.29) is 0 Å². The molecule has 0 bridgehead atoms. The molecule has 2 aliphatic rings. The van der Waals surface area contributed by atoms with E-state index in [2.05, 4.69) is 47.3 Å². The SMILES string of the molecule is C1=CC2=C(CC1)Sc1cccn1C=C2. The van der Waals surface area contributed by atoms with Crippen molar-refractivity contribution in [1.29, 1.82) is 0 Å². The van der Waals surface area contributed by atoms with Gasteiger partial charge in [0.2, 0.25) is 0 Å². The van der Waals surface area contributed by atoms with Crippen LogP contribution < -0.4 is 0 Å². The molecule has 0 N–H and O–H groups in total.